The lowest BCUT2D eigenvalue weighted by Crippen LogP contribution is -2.01. The second-order valence-electron chi connectivity index (χ2n) is 2.36. The number of nitrogens with zero attached hydrogens (tertiary/aromatic N) is 1. The fraction of sp³-hybridized carbons (Fsp3) is 0.143. The van der Waals surface area contributed by atoms with Gasteiger partial charge in [0.25, 0.3) is 6.43 Å². The van der Waals surface area contributed by atoms with Crippen molar-refractivity contribution in [3.63, 3.8) is 0 Å². The topological polar surface area (TPSA) is 43.1 Å². The van der Waals surface area contributed by atoms with Gasteiger partial charge in [-0.15, -0.1) is 0 Å². The van der Waals surface area contributed by atoms with E-state index in [-0.39, 0.29) is 0 Å². The molecule has 0 bridgehead atoms. The molecule has 0 heterocycles. The van der Waals surface area contributed by atoms with E-state index in [0.29, 0.717) is 12.1 Å². The summed E-state index contributed by atoms with van der Waals surface area (Å²) in [7, 11) is 0. The molecule has 0 spiro atoms. The zero-order chi connectivity index (χ0) is 10.9. The van der Waals surface area contributed by atoms with E-state index in [1.807, 2.05) is 0 Å². The van der Waals surface area contributed by atoms with E-state index >= 15 is 0 Å². The van der Waals surface area contributed by atoms with Crippen molar-refractivity contribution in [3.8, 4) is 0 Å². The van der Waals surface area contributed by atoms with Crippen LogP contribution in [0.3, 0.4) is 0 Å². The third-order valence-corrected chi connectivity index (χ3v) is 1.51. The third kappa shape index (κ3) is 1.66. The molecule has 14 heavy (non-hydrogen) atoms. The van der Waals surface area contributed by atoms with E-state index in [0.717, 1.165) is 0 Å². The SMILES string of the molecule is O=[N+]([O-])c1c(F)ccc(C(F)F)c1F. The summed E-state index contributed by atoms with van der Waals surface area (Å²) in [6.45, 7) is 0. The Morgan fingerprint density at radius 3 is 2.29 bits per heavy atom. The normalized spacial score (nSPS) is 10.6. The molecule has 0 atom stereocenters. The highest BCUT2D eigenvalue weighted by Crippen LogP contribution is 2.30. The number of alkyl halides is 2. The van der Waals surface area contributed by atoms with Crippen molar-refractivity contribution in [1.82, 2.24) is 0 Å². The molecule has 0 fully saturated rings. The summed E-state index contributed by atoms with van der Waals surface area (Å²) >= 11 is 0. The Balaban J connectivity index is 3.41. The highest BCUT2D eigenvalue weighted by atomic mass is 19.3. The van der Waals surface area contributed by atoms with Gasteiger partial charge < -0.3 is 0 Å². The van der Waals surface area contributed by atoms with Crippen LogP contribution in [0.2, 0.25) is 0 Å². The number of halogens is 4. The van der Waals surface area contributed by atoms with Gasteiger partial charge >= 0.3 is 5.69 Å². The van der Waals surface area contributed by atoms with Crippen LogP contribution >= 0.6 is 0 Å². The first-order chi connectivity index (χ1) is 6.45. The van der Waals surface area contributed by atoms with Crippen molar-refractivity contribution < 1.29 is 22.5 Å². The minimum absolute atomic E-state index is 0.433. The summed E-state index contributed by atoms with van der Waals surface area (Å²) in [5.41, 5.74) is -2.74. The van der Waals surface area contributed by atoms with Gasteiger partial charge in [0.2, 0.25) is 11.6 Å². The Morgan fingerprint density at radius 2 is 1.86 bits per heavy atom. The van der Waals surface area contributed by atoms with Crippen molar-refractivity contribution in [1.29, 1.82) is 0 Å². The molecular formula is C7H3F4NO2. The zero-order valence-corrected chi connectivity index (χ0v) is 6.51. The molecule has 1 aromatic carbocycles. The molecule has 0 aliphatic carbocycles. The molecular weight excluding hydrogens is 206 g/mol. The summed E-state index contributed by atoms with van der Waals surface area (Å²) in [5, 5.41) is 10.1. The van der Waals surface area contributed by atoms with Crippen molar-refractivity contribution in [2.24, 2.45) is 0 Å². The van der Waals surface area contributed by atoms with Gasteiger partial charge in [-0.05, 0) is 12.1 Å². The van der Waals surface area contributed by atoms with E-state index in [9.17, 15) is 27.7 Å². The molecule has 0 saturated carbocycles. The van der Waals surface area contributed by atoms with Crippen LogP contribution in [0, 0.1) is 21.7 Å². The van der Waals surface area contributed by atoms with Gasteiger partial charge in [0.1, 0.15) is 0 Å². The van der Waals surface area contributed by atoms with Gasteiger partial charge in [0, 0.05) is 0 Å². The van der Waals surface area contributed by atoms with Gasteiger partial charge in [-0.1, -0.05) is 0 Å². The molecule has 0 amide bonds. The summed E-state index contributed by atoms with van der Waals surface area (Å²) < 4.78 is 49.5. The number of nitro benzene ring substituents is 1. The lowest BCUT2D eigenvalue weighted by Gasteiger charge is -2.02. The molecule has 0 saturated heterocycles. The van der Waals surface area contributed by atoms with Gasteiger partial charge in [0.05, 0.1) is 10.5 Å². The predicted octanol–water partition coefficient (Wildman–Crippen LogP) is 2.81. The van der Waals surface area contributed by atoms with Crippen LogP contribution in [0.1, 0.15) is 12.0 Å². The first-order valence-electron chi connectivity index (χ1n) is 3.35. The average Bonchev–Trinajstić information content (AvgIpc) is 2.02. The average molecular weight is 209 g/mol. The van der Waals surface area contributed by atoms with Gasteiger partial charge in [0.15, 0.2) is 0 Å². The highest BCUT2D eigenvalue weighted by molar-refractivity contribution is 5.38. The van der Waals surface area contributed by atoms with Gasteiger partial charge in [-0.3, -0.25) is 10.1 Å². The summed E-state index contributed by atoms with van der Waals surface area (Å²) in [5.74, 6) is -3.30. The highest BCUT2D eigenvalue weighted by Gasteiger charge is 2.27. The molecule has 0 aliphatic heterocycles. The monoisotopic (exact) mass is 209 g/mol. The van der Waals surface area contributed by atoms with Crippen LogP contribution in [0.5, 0.6) is 0 Å². The van der Waals surface area contributed by atoms with Crippen molar-refractivity contribution in [2.75, 3.05) is 0 Å². The van der Waals surface area contributed by atoms with Crippen molar-refractivity contribution in [3.05, 3.63) is 39.4 Å². The maximum atomic E-state index is 12.9. The number of nitro groups is 1. The van der Waals surface area contributed by atoms with Crippen LogP contribution in [0.25, 0.3) is 0 Å². The number of benzene rings is 1. The van der Waals surface area contributed by atoms with E-state index in [1.165, 1.54) is 0 Å². The Kier molecular flexibility index (Phi) is 2.68. The molecule has 0 radical (unpaired) electrons. The van der Waals surface area contributed by atoms with Crippen LogP contribution < -0.4 is 0 Å². The quantitative estimate of drug-likeness (QED) is 0.427. The summed E-state index contributed by atoms with van der Waals surface area (Å²) in [6, 6.07) is 0.908. The third-order valence-electron chi connectivity index (χ3n) is 1.51. The smallest absolute Gasteiger partial charge is 0.258 e. The van der Waals surface area contributed by atoms with Crippen LogP contribution in [0.15, 0.2) is 12.1 Å². The van der Waals surface area contributed by atoms with E-state index in [4.69, 9.17) is 0 Å². The standard InChI is InChI=1S/C7H3F4NO2/c8-4-2-1-3(7(10)11)5(9)6(4)12(13)14/h1-2,7H. The van der Waals surface area contributed by atoms with E-state index < -0.39 is 34.2 Å². The second-order valence-corrected chi connectivity index (χ2v) is 2.36. The largest absolute Gasteiger partial charge is 0.340 e. The second kappa shape index (κ2) is 3.60. The summed E-state index contributed by atoms with van der Waals surface area (Å²) in [4.78, 5) is 8.72. The maximum absolute atomic E-state index is 12.9. The Labute approximate surface area is 75.1 Å². The summed E-state index contributed by atoms with van der Waals surface area (Å²) in [6.07, 6.45) is -3.21. The van der Waals surface area contributed by atoms with E-state index in [2.05, 4.69) is 0 Å². The molecule has 1 aromatic rings. The molecule has 0 aliphatic rings. The van der Waals surface area contributed by atoms with Crippen LogP contribution in [-0.2, 0) is 0 Å². The van der Waals surface area contributed by atoms with Gasteiger partial charge in [-0.25, -0.2) is 8.78 Å². The number of rotatable bonds is 2. The Morgan fingerprint density at radius 1 is 1.29 bits per heavy atom. The minimum atomic E-state index is -3.21. The minimum Gasteiger partial charge on any atom is -0.258 e. The van der Waals surface area contributed by atoms with Gasteiger partial charge in [-0.2, -0.15) is 8.78 Å². The van der Waals surface area contributed by atoms with Crippen LogP contribution in [0.4, 0.5) is 23.2 Å². The maximum Gasteiger partial charge on any atom is 0.340 e. The zero-order valence-electron chi connectivity index (χ0n) is 6.51. The fourth-order valence-electron chi connectivity index (χ4n) is 0.892. The molecule has 0 N–H and O–H groups in total. The molecule has 76 valence electrons. The number of hydrogen-bond donors (Lipinski definition) is 0. The fourth-order valence-corrected chi connectivity index (χ4v) is 0.892. The van der Waals surface area contributed by atoms with Crippen molar-refractivity contribution >= 4 is 5.69 Å². The molecule has 0 aromatic heterocycles. The molecule has 0 unspecified atom stereocenters. The lowest BCUT2D eigenvalue weighted by atomic mass is 10.2. The van der Waals surface area contributed by atoms with Crippen LogP contribution in [-0.4, -0.2) is 4.92 Å². The first-order valence-corrected chi connectivity index (χ1v) is 3.35. The first kappa shape index (κ1) is 10.4. The lowest BCUT2D eigenvalue weighted by molar-refractivity contribution is -0.390. The molecule has 3 nitrogen and oxygen atoms in total. The number of hydrogen-bond acceptors (Lipinski definition) is 2. The van der Waals surface area contributed by atoms with Crippen molar-refractivity contribution in [2.45, 2.75) is 6.43 Å². The van der Waals surface area contributed by atoms with E-state index in [1.54, 1.807) is 0 Å². The molecule has 7 heteroatoms. The predicted molar refractivity (Wildman–Crippen MR) is 38.0 cm³/mol. The Hall–Kier alpha value is -1.66. The molecule has 1 rings (SSSR count). The Bertz CT molecular complexity index is 380.